The van der Waals surface area contributed by atoms with Gasteiger partial charge in [0, 0.05) is 6.42 Å². The van der Waals surface area contributed by atoms with Gasteiger partial charge < -0.3 is 10.1 Å². The Labute approximate surface area is 129 Å². The van der Waals surface area contributed by atoms with E-state index in [1.54, 1.807) is 56.3 Å². The van der Waals surface area contributed by atoms with Crippen molar-refractivity contribution < 1.29 is 17.9 Å². The van der Waals surface area contributed by atoms with Gasteiger partial charge in [0.25, 0.3) is 5.91 Å². The lowest BCUT2D eigenvalue weighted by atomic mass is 9.99. The van der Waals surface area contributed by atoms with E-state index in [-0.39, 0.29) is 22.1 Å². The Hall–Kier alpha value is -2.08. The average molecular weight is 319 g/mol. The third-order valence-corrected chi connectivity index (χ3v) is 5.69. The minimum atomic E-state index is -3.55. The van der Waals surface area contributed by atoms with Crippen LogP contribution in [0.4, 0.5) is 0 Å². The van der Waals surface area contributed by atoms with E-state index >= 15 is 0 Å². The maximum Gasteiger partial charge on any atom is 0.264 e. The molecule has 116 valence electrons. The number of rotatable bonds is 2. The van der Waals surface area contributed by atoms with Crippen LogP contribution in [0.5, 0.6) is 0 Å². The Balaban J connectivity index is 1.94. The topological polar surface area (TPSA) is 72.5 Å². The molecule has 0 aromatic heterocycles. The lowest BCUT2D eigenvalue weighted by Gasteiger charge is -2.38. The van der Waals surface area contributed by atoms with Crippen molar-refractivity contribution in [3.63, 3.8) is 0 Å². The zero-order valence-corrected chi connectivity index (χ0v) is 13.2. The summed E-state index contributed by atoms with van der Waals surface area (Å²) in [6.45, 7) is 3.36. The highest BCUT2D eigenvalue weighted by molar-refractivity contribution is 7.95. The molecule has 1 N–H and O–H groups in total. The molecule has 1 heterocycles. The fourth-order valence-electron chi connectivity index (χ4n) is 2.51. The first kappa shape index (κ1) is 14.8. The van der Waals surface area contributed by atoms with Gasteiger partial charge in [-0.05, 0) is 38.1 Å². The van der Waals surface area contributed by atoms with Crippen molar-refractivity contribution in [2.75, 3.05) is 0 Å². The van der Waals surface area contributed by atoms with Crippen LogP contribution in [0.25, 0.3) is 0 Å². The highest BCUT2D eigenvalue weighted by Crippen LogP contribution is 2.33. The third-order valence-electron chi connectivity index (χ3n) is 3.81. The van der Waals surface area contributed by atoms with Gasteiger partial charge >= 0.3 is 0 Å². The summed E-state index contributed by atoms with van der Waals surface area (Å²) in [5.41, 5.74) is -0.939. The van der Waals surface area contributed by atoms with Crippen molar-refractivity contribution in [2.45, 2.75) is 36.8 Å². The van der Waals surface area contributed by atoms with Crippen molar-refractivity contribution in [1.29, 1.82) is 0 Å². The van der Waals surface area contributed by atoms with Crippen molar-refractivity contribution in [1.82, 2.24) is 5.32 Å². The zero-order chi connectivity index (χ0) is 16.0. The van der Waals surface area contributed by atoms with Gasteiger partial charge in [0.2, 0.25) is 9.84 Å². The molecule has 6 heteroatoms. The van der Waals surface area contributed by atoms with E-state index in [1.165, 1.54) is 0 Å². The molecule has 1 atom stereocenters. The number of morpholine rings is 1. The maximum absolute atomic E-state index is 12.6. The highest BCUT2D eigenvalue weighted by Gasteiger charge is 2.41. The second kappa shape index (κ2) is 4.98. The van der Waals surface area contributed by atoms with Gasteiger partial charge in [-0.2, -0.15) is 0 Å². The van der Waals surface area contributed by atoms with Gasteiger partial charge in [-0.1, -0.05) is 18.2 Å². The number of sulfone groups is 1. The average Bonchev–Trinajstić information content (AvgIpc) is 2.48. The van der Waals surface area contributed by atoms with Crippen LogP contribution in [0.1, 0.15) is 20.3 Å². The Kier molecular flexibility index (Phi) is 3.36. The molecule has 1 unspecified atom stereocenters. The molecular weight excluding hydrogens is 302 g/mol. The van der Waals surface area contributed by atoms with Crippen molar-refractivity contribution in [3.8, 4) is 0 Å². The van der Waals surface area contributed by atoms with Crippen LogP contribution in [-0.2, 0) is 19.4 Å². The number of ether oxygens (including phenoxy) is 1. The minimum absolute atomic E-state index is 0.199. The summed E-state index contributed by atoms with van der Waals surface area (Å²) in [5, 5.41) is 2.82. The van der Waals surface area contributed by atoms with E-state index in [2.05, 4.69) is 5.32 Å². The number of hydrogen-bond donors (Lipinski definition) is 1. The predicted octanol–water partition coefficient (Wildman–Crippen LogP) is 1.93. The first-order valence-corrected chi connectivity index (χ1v) is 8.50. The summed E-state index contributed by atoms with van der Waals surface area (Å²) in [4.78, 5) is 12.5. The first-order chi connectivity index (χ1) is 10.3. The van der Waals surface area contributed by atoms with E-state index in [0.717, 1.165) is 0 Å². The third kappa shape index (κ3) is 2.43. The largest absolute Gasteiger partial charge is 0.480 e. The van der Waals surface area contributed by atoms with Crippen LogP contribution in [0, 0.1) is 0 Å². The number of carbonyl (C=O) groups is 1. The first-order valence-electron chi connectivity index (χ1n) is 7.01. The summed E-state index contributed by atoms with van der Waals surface area (Å²) < 4.78 is 30.9. The molecule has 22 heavy (non-hydrogen) atoms. The van der Waals surface area contributed by atoms with E-state index in [1.807, 2.05) is 0 Å². The number of benzene rings is 1. The van der Waals surface area contributed by atoms with E-state index in [4.69, 9.17) is 4.74 Å². The van der Waals surface area contributed by atoms with Crippen LogP contribution in [0.15, 0.2) is 58.0 Å². The number of allylic oxidation sites excluding steroid dienone is 2. The van der Waals surface area contributed by atoms with Gasteiger partial charge in [0.1, 0.15) is 5.76 Å². The molecular formula is C16H17NO4S. The SMILES string of the molecule is CC1(C)OC2=CC=C(S(=O)(=O)c3ccccc3)CC2NC1=O. The molecule has 1 saturated heterocycles. The molecule has 1 amide bonds. The molecule has 1 aromatic rings. The number of hydrogen-bond acceptors (Lipinski definition) is 4. The molecule has 1 aliphatic heterocycles. The lowest BCUT2D eigenvalue weighted by Crippen LogP contribution is -2.55. The summed E-state index contributed by atoms with van der Waals surface area (Å²) in [5.74, 6) is 0.352. The fraction of sp³-hybridized carbons (Fsp3) is 0.312. The standard InChI is InChI=1S/C16H17NO4S/c1-16(2)15(18)17-13-10-12(8-9-14(13)21-16)22(19,20)11-6-4-3-5-7-11/h3-9,13H,10H2,1-2H3,(H,17,18). The predicted molar refractivity (Wildman–Crippen MR) is 81.5 cm³/mol. The number of carbonyl (C=O) groups excluding carboxylic acids is 1. The Morgan fingerprint density at radius 2 is 1.86 bits per heavy atom. The number of amides is 1. The second-order valence-electron chi connectivity index (χ2n) is 5.86. The quantitative estimate of drug-likeness (QED) is 0.904. The Morgan fingerprint density at radius 3 is 2.55 bits per heavy atom. The van der Waals surface area contributed by atoms with Crippen molar-refractivity contribution in [3.05, 3.63) is 53.1 Å². The molecule has 5 nitrogen and oxygen atoms in total. The molecule has 0 spiro atoms. The molecule has 2 aliphatic rings. The molecule has 1 fully saturated rings. The van der Waals surface area contributed by atoms with Gasteiger partial charge in [0.15, 0.2) is 5.60 Å². The van der Waals surface area contributed by atoms with Crippen LogP contribution < -0.4 is 5.32 Å². The smallest absolute Gasteiger partial charge is 0.264 e. The number of fused-ring (bicyclic) bond motifs is 1. The van der Waals surface area contributed by atoms with E-state index < -0.39 is 21.5 Å². The summed E-state index contributed by atoms with van der Waals surface area (Å²) >= 11 is 0. The molecule has 0 saturated carbocycles. The summed E-state index contributed by atoms with van der Waals surface area (Å²) in [6, 6.07) is 7.84. The Bertz CT molecular complexity index is 776. The zero-order valence-electron chi connectivity index (χ0n) is 12.4. The van der Waals surface area contributed by atoms with Gasteiger partial charge in [-0.15, -0.1) is 0 Å². The van der Waals surface area contributed by atoms with Crippen LogP contribution in [-0.4, -0.2) is 26.0 Å². The second-order valence-corrected chi connectivity index (χ2v) is 7.86. The number of nitrogens with one attached hydrogen (secondary N) is 1. The fourth-order valence-corrected chi connectivity index (χ4v) is 3.96. The summed E-state index contributed by atoms with van der Waals surface area (Å²) in [7, 11) is -3.55. The Morgan fingerprint density at radius 1 is 1.18 bits per heavy atom. The molecule has 1 aliphatic carbocycles. The van der Waals surface area contributed by atoms with Gasteiger partial charge in [-0.25, -0.2) is 8.42 Å². The van der Waals surface area contributed by atoms with E-state index in [9.17, 15) is 13.2 Å². The lowest BCUT2D eigenvalue weighted by molar-refractivity contribution is -0.145. The van der Waals surface area contributed by atoms with Crippen molar-refractivity contribution in [2.24, 2.45) is 0 Å². The minimum Gasteiger partial charge on any atom is -0.480 e. The van der Waals surface area contributed by atoms with Crippen molar-refractivity contribution >= 4 is 15.7 Å². The molecule has 1 aromatic carbocycles. The monoisotopic (exact) mass is 319 g/mol. The van der Waals surface area contributed by atoms with Gasteiger partial charge in [0.05, 0.1) is 15.8 Å². The summed E-state index contributed by atoms with van der Waals surface area (Å²) in [6.07, 6.45) is 3.39. The van der Waals surface area contributed by atoms with E-state index in [0.29, 0.717) is 5.76 Å². The van der Waals surface area contributed by atoms with Gasteiger partial charge in [-0.3, -0.25) is 4.79 Å². The molecule has 3 rings (SSSR count). The molecule has 0 bridgehead atoms. The van der Waals surface area contributed by atoms with Crippen LogP contribution in [0.3, 0.4) is 0 Å². The maximum atomic E-state index is 12.6. The van der Waals surface area contributed by atoms with Crippen LogP contribution in [0.2, 0.25) is 0 Å². The van der Waals surface area contributed by atoms with Crippen LogP contribution >= 0.6 is 0 Å². The normalized spacial score (nSPS) is 23.5. The molecule has 0 radical (unpaired) electrons. The highest BCUT2D eigenvalue weighted by atomic mass is 32.2.